The lowest BCUT2D eigenvalue weighted by molar-refractivity contribution is -0.145. The SMILES string of the molecule is CCn1nnc2c(C)c([C@H](c3ccc4c(c3)CN(C(=O)OC(C)(C)C)CC4)[C@H](C)C(=O)OC)ccc21. The molecule has 0 bridgehead atoms. The van der Waals surface area contributed by atoms with Gasteiger partial charge < -0.3 is 14.4 Å². The second-order valence-corrected chi connectivity index (χ2v) is 10.5. The third kappa shape index (κ3) is 4.94. The second kappa shape index (κ2) is 9.91. The highest BCUT2D eigenvalue weighted by atomic mass is 16.6. The zero-order chi connectivity index (χ0) is 26.2. The summed E-state index contributed by atoms with van der Waals surface area (Å²) >= 11 is 0. The van der Waals surface area contributed by atoms with E-state index in [0.29, 0.717) is 13.1 Å². The molecular formula is C28H36N4O4. The van der Waals surface area contributed by atoms with Gasteiger partial charge in [-0.2, -0.15) is 0 Å². The lowest BCUT2D eigenvalue weighted by atomic mass is 9.78. The molecule has 0 saturated heterocycles. The number of fused-ring (bicyclic) bond motifs is 2. The quantitative estimate of drug-likeness (QED) is 0.466. The fourth-order valence-electron chi connectivity index (χ4n) is 5.07. The lowest BCUT2D eigenvalue weighted by Crippen LogP contribution is -2.40. The molecule has 1 aromatic heterocycles. The fraction of sp³-hybridized carbons (Fsp3) is 0.500. The number of carbonyl (C=O) groups excluding carboxylic acids is 2. The van der Waals surface area contributed by atoms with E-state index in [0.717, 1.165) is 46.3 Å². The van der Waals surface area contributed by atoms with Crippen molar-refractivity contribution in [2.75, 3.05) is 13.7 Å². The minimum absolute atomic E-state index is 0.240. The summed E-state index contributed by atoms with van der Waals surface area (Å²) in [6.07, 6.45) is 0.454. The highest BCUT2D eigenvalue weighted by molar-refractivity contribution is 5.81. The van der Waals surface area contributed by atoms with E-state index < -0.39 is 11.5 Å². The molecule has 4 rings (SSSR count). The molecule has 1 aliphatic heterocycles. The Morgan fingerprint density at radius 2 is 1.89 bits per heavy atom. The predicted molar refractivity (Wildman–Crippen MR) is 138 cm³/mol. The Morgan fingerprint density at radius 1 is 1.14 bits per heavy atom. The van der Waals surface area contributed by atoms with E-state index in [1.807, 2.05) is 52.3 Å². The van der Waals surface area contributed by atoms with Crippen LogP contribution in [0.25, 0.3) is 11.0 Å². The predicted octanol–water partition coefficient (Wildman–Crippen LogP) is 4.99. The number of rotatable bonds is 5. The van der Waals surface area contributed by atoms with Crippen LogP contribution in [0.4, 0.5) is 4.79 Å². The molecule has 2 heterocycles. The second-order valence-electron chi connectivity index (χ2n) is 10.5. The van der Waals surface area contributed by atoms with Crippen LogP contribution in [0.15, 0.2) is 30.3 Å². The smallest absolute Gasteiger partial charge is 0.410 e. The number of carbonyl (C=O) groups is 2. The Hall–Kier alpha value is -3.42. The lowest BCUT2D eigenvalue weighted by Gasteiger charge is -2.32. The molecule has 0 spiro atoms. The van der Waals surface area contributed by atoms with Gasteiger partial charge in [0.1, 0.15) is 11.1 Å². The first-order valence-electron chi connectivity index (χ1n) is 12.5. The molecule has 0 saturated carbocycles. The molecule has 2 aromatic carbocycles. The Balaban J connectivity index is 1.75. The molecule has 3 aromatic rings. The Kier molecular flexibility index (Phi) is 7.07. The van der Waals surface area contributed by atoms with Crippen molar-refractivity contribution in [3.63, 3.8) is 0 Å². The Morgan fingerprint density at radius 3 is 2.56 bits per heavy atom. The molecule has 1 amide bonds. The molecule has 2 atom stereocenters. The van der Waals surface area contributed by atoms with Gasteiger partial charge in [-0.25, -0.2) is 9.48 Å². The average Bonchev–Trinajstić information content (AvgIpc) is 3.27. The van der Waals surface area contributed by atoms with Crippen molar-refractivity contribution in [2.24, 2.45) is 5.92 Å². The maximum Gasteiger partial charge on any atom is 0.410 e. The van der Waals surface area contributed by atoms with Crippen LogP contribution in [0.2, 0.25) is 0 Å². The standard InChI is InChI=1S/C28H36N4O4/c1-8-32-23-12-11-22(17(2)25(23)29-30-32)24(18(3)26(33)35-7)20-10-9-19-13-14-31(16-21(19)15-20)27(34)36-28(4,5)6/h9-12,15,18,24H,8,13-14,16H2,1-7H3/t18-,24-/m0/s1. The zero-order valence-electron chi connectivity index (χ0n) is 22.3. The molecule has 0 N–H and O–H groups in total. The number of nitrogens with zero attached hydrogens (tertiary/aromatic N) is 4. The third-order valence-corrected chi connectivity index (χ3v) is 6.94. The third-order valence-electron chi connectivity index (χ3n) is 6.94. The summed E-state index contributed by atoms with van der Waals surface area (Å²) in [5.74, 6) is -0.934. The number of benzene rings is 2. The van der Waals surface area contributed by atoms with Crippen molar-refractivity contribution in [1.29, 1.82) is 0 Å². The molecule has 192 valence electrons. The summed E-state index contributed by atoms with van der Waals surface area (Å²) in [6.45, 7) is 13.4. The van der Waals surface area contributed by atoms with E-state index in [1.54, 1.807) is 4.90 Å². The van der Waals surface area contributed by atoms with Crippen LogP contribution >= 0.6 is 0 Å². The first kappa shape index (κ1) is 25.7. The van der Waals surface area contributed by atoms with Crippen LogP contribution in [0.1, 0.15) is 68.4 Å². The minimum atomic E-state index is -0.546. The van der Waals surface area contributed by atoms with E-state index in [-0.39, 0.29) is 18.0 Å². The van der Waals surface area contributed by atoms with Crippen molar-refractivity contribution in [2.45, 2.75) is 72.6 Å². The van der Waals surface area contributed by atoms with E-state index >= 15 is 0 Å². The molecule has 0 fully saturated rings. The number of esters is 1. The Labute approximate surface area is 212 Å². The molecule has 0 aliphatic carbocycles. The van der Waals surface area contributed by atoms with Gasteiger partial charge in [0.15, 0.2) is 0 Å². The van der Waals surface area contributed by atoms with Gasteiger partial charge in [-0.05, 0) is 74.9 Å². The molecule has 8 heteroatoms. The van der Waals surface area contributed by atoms with Crippen molar-refractivity contribution in [3.8, 4) is 0 Å². The number of hydrogen-bond acceptors (Lipinski definition) is 6. The molecule has 36 heavy (non-hydrogen) atoms. The van der Waals surface area contributed by atoms with Crippen molar-refractivity contribution in [1.82, 2.24) is 19.9 Å². The number of ether oxygens (including phenoxy) is 2. The summed E-state index contributed by atoms with van der Waals surface area (Å²) < 4.78 is 12.6. The fourth-order valence-corrected chi connectivity index (χ4v) is 5.07. The van der Waals surface area contributed by atoms with Crippen LogP contribution in [-0.2, 0) is 33.8 Å². The van der Waals surface area contributed by atoms with Gasteiger partial charge in [0.05, 0.1) is 18.5 Å². The molecular weight excluding hydrogens is 456 g/mol. The van der Waals surface area contributed by atoms with E-state index in [2.05, 4.69) is 34.6 Å². The van der Waals surface area contributed by atoms with Crippen molar-refractivity contribution in [3.05, 3.63) is 58.1 Å². The maximum atomic E-state index is 12.8. The molecule has 0 unspecified atom stereocenters. The monoisotopic (exact) mass is 492 g/mol. The highest BCUT2D eigenvalue weighted by Crippen LogP contribution is 2.38. The van der Waals surface area contributed by atoms with Crippen LogP contribution in [0.3, 0.4) is 0 Å². The van der Waals surface area contributed by atoms with Gasteiger partial charge >= 0.3 is 12.1 Å². The summed E-state index contributed by atoms with van der Waals surface area (Å²) in [7, 11) is 1.42. The van der Waals surface area contributed by atoms with Crippen molar-refractivity contribution < 1.29 is 19.1 Å². The van der Waals surface area contributed by atoms with E-state index in [9.17, 15) is 9.59 Å². The average molecular weight is 493 g/mol. The van der Waals surface area contributed by atoms with E-state index in [1.165, 1.54) is 12.7 Å². The number of aryl methyl sites for hydroxylation is 2. The minimum Gasteiger partial charge on any atom is -0.469 e. The topological polar surface area (TPSA) is 86.5 Å². The number of amides is 1. The highest BCUT2D eigenvalue weighted by Gasteiger charge is 2.32. The van der Waals surface area contributed by atoms with Gasteiger partial charge in [-0.3, -0.25) is 4.79 Å². The number of hydrogen-bond donors (Lipinski definition) is 0. The van der Waals surface area contributed by atoms with Gasteiger partial charge in [-0.1, -0.05) is 36.4 Å². The van der Waals surface area contributed by atoms with Crippen LogP contribution in [0.5, 0.6) is 0 Å². The van der Waals surface area contributed by atoms with Gasteiger partial charge in [0, 0.05) is 25.6 Å². The van der Waals surface area contributed by atoms with E-state index in [4.69, 9.17) is 9.47 Å². The first-order chi connectivity index (χ1) is 17.0. The molecule has 8 nitrogen and oxygen atoms in total. The summed E-state index contributed by atoms with van der Waals surface area (Å²) in [4.78, 5) is 27.2. The first-order valence-corrected chi connectivity index (χ1v) is 12.5. The largest absolute Gasteiger partial charge is 0.469 e. The summed E-state index contributed by atoms with van der Waals surface area (Å²) in [5.41, 5.74) is 6.57. The summed E-state index contributed by atoms with van der Waals surface area (Å²) in [6, 6.07) is 10.4. The van der Waals surface area contributed by atoms with Gasteiger partial charge in [0.25, 0.3) is 0 Å². The molecule has 0 radical (unpaired) electrons. The van der Waals surface area contributed by atoms with Crippen LogP contribution in [-0.4, -0.2) is 51.2 Å². The van der Waals surface area contributed by atoms with Gasteiger partial charge in [0.2, 0.25) is 0 Å². The van der Waals surface area contributed by atoms with Crippen molar-refractivity contribution >= 4 is 23.1 Å². The molecule has 1 aliphatic rings. The normalized spacial score (nSPS) is 15.4. The maximum absolute atomic E-state index is 12.8. The number of aromatic nitrogens is 3. The Bertz CT molecular complexity index is 1290. The van der Waals surface area contributed by atoms with Crippen LogP contribution < -0.4 is 0 Å². The zero-order valence-corrected chi connectivity index (χ0v) is 22.3. The summed E-state index contributed by atoms with van der Waals surface area (Å²) in [5, 5.41) is 8.69. The van der Waals surface area contributed by atoms with Gasteiger partial charge in [-0.15, -0.1) is 5.10 Å². The number of methoxy groups -OCH3 is 1. The van der Waals surface area contributed by atoms with Crippen LogP contribution in [0, 0.1) is 12.8 Å².